The van der Waals surface area contributed by atoms with Crippen LogP contribution in [-0.4, -0.2) is 42.9 Å². The fourth-order valence-corrected chi connectivity index (χ4v) is 2.68. The molecule has 0 saturated carbocycles. The van der Waals surface area contributed by atoms with Crippen LogP contribution >= 0.6 is 0 Å². The molecule has 128 valence electrons. The third-order valence-electron chi connectivity index (χ3n) is 4.07. The highest BCUT2D eigenvalue weighted by atomic mass is 19.1. The molecule has 1 aromatic carbocycles. The average molecular weight is 324 g/mol. The van der Waals surface area contributed by atoms with Gasteiger partial charge in [-0.25, -0.2) is 4.39 Å². The Morgan fingerprint density at radius 1 is 1.48 bits per heavy atom. The molecule has 1 aromatic rings. The van der Waals surface area contributed by atoms with Crippen molar-refractivity contribution in [2.24, 2.45) is 0 Å². The molecule has 0 spiro atoms. The van der Waals surface area contributed by atoms with Crippen LogP contribution in [0.1, 0.15) is 32.3 Å². The number of rotatable bonds is 6. The second kappa shape index (κ2) is 8.26. The maximum Gasteiger partial charge on any atom is 0.249 e. The van der Waals surface area contributed by atoms with Crippen LogP contribution < -0.4 is 10.2 Å². The highest BCUT2D eigenvalue weighted by Gasteiger charge is 2.20. The topological polar surface area (TPSA) is 61.8 Å². The van der Waals surface area contributed by atoms with Gasteiger partial charge in [-0.15, -0.1) is 0 Å². The Bertz CT molecular complexity index is 531. The van der Waals surface area contributed by atoms with Gasteiger partial charge in [-0.2, -0.15) is 0 Å². The summed E-state index contributed by atoms with van der Waals surface area (Å²) < 4.78 is 19.5. The van der Waals surface area contributed by atoms with E-state index in [0.717, 1.165) is 0 Å². The normalized spacial score (nSPS) is 17.1. The number of carbonyl (C=O) groups is 1. The fraction of sp³-hybridized carbons (Fsp3) is 0.588. The zero-order valence-electron chi connectivity index (χ0n) is 13.7. The standard InChI is InChI=1S/C17H25FN2O3/c1-3-23-12(2)17(22)19-11-13-4-5-16(15(18)10-13)20-8-6-14(21)7-9-20/h4-5,10,12,14,21H,3,6-9,11H2,1-2H3,(H,19,22). The molecule has 1 atom stereocenters. The van der Waals surface area contributed by atoms with Crippen molar-refractivity contribution in [3.8, 4) is 0 Å². The highest BCUT2D eigenvalue weighted by molar-refractivity contribution is 5.80. The molecule has 5 nitrogen and oxygen atoms in total. The summed E-state index contributed by atoms with van der Waals surface area (Å²) in [6, 6.07) is 5.00. The summed E-state index contributed by atoms with van der Waals surface area (Å²) in [5.74, 6) is -0.507. The van der Waals surface area contributed by atoms with Gasteiger partial charge in [-0.05, 0) is 44.4 Å². The first kappa shape index (κ1) is 17.7. The van der Waals surface area contributed by atoms with Crippen molar-refractivity contribution in [3.05, 3.63) is 29.6 Å². The van der Waals surface area contributed by atoms with E-state index in [0.29, 0.717) is 43.8 Å². The van der Waals surface area contributed by atoms with Gasteiger partial charge in [0, 0.05) is 26.2 Å². The molecule has 1 unspecified atom stereocenters. The predicted molar refractivity (Wildman–Crippen MR) is 86.8 cm³/mol. The molecule has 23 heavy (non-hydrogen) atoms. The zero-order valence-corrected chi connectivity index (χ0v) is 13.7. The number of nitrogens with one attached hydrogen (secondary N) is 1. The van der Waals surface area contributed by atoms with Crippen LogP contribution in [0.25, 0.3) is 0 Å². The van der Waals surface area contributed by atoms with Crippen LogP contribution in [0.5, 0.6) is 0 Å². The molecule has 2 rings (SSSR count). The lowest BCUT2D eigenvalue weighted by atomic mass is 10.1. The number of halogens is 1. The minimum atomic E-state index is -0.510. The van der Waals surface area contributed by atoms with E-state index in [-0.39, 0.29) is 24.4 Å². The summed E-state index contributed by atoms with van der Waals surface area (Å²) in [4.78, 5) is 13.7. The summed E-state index contributed by atoms with van der Waals surface area (Å²) in [6.45, 7) is 5.57. The molecule has 1 aliphatic rings. The van der Waals surface area contributed by atoms with Crippen molar-refractivity contribution < 1.29 is 19.0 Å². The van der Waals surface area contributed by atoms with Gasteiger partial charge in [0.05, 0.1) is 11.8 Å². The number of nitrogens with zero attached hydrogens (tertiary/aromatic N) is 1. The van der Waals surface area contributed by atoms with Gasteiger partial charge in [-0.1, -0.05) is 6.07 Å². The van der Waals surface area contributed by atoms with Crippen molar-refractivity contribution >= 4 is 11.6 Å². The summed E-state index contributed by atoms with van der Waals surface area (Å²) in [6.07, 6.45) is 0.527. The number of amides is 1. The Labute approximate surface area is 136 Å². The summed E-state index contributed by atoms with van der Waals surface area (Å²) in [5.41, 5.74) is 1.26. The molecule has 0 aliphatic carbocycles. The van der Waals surface area contributed by atoms with Crippen molar-refractivity contribution in [2.45, 2.75) is 45.4 Å². The highest BCUT2D eigenvalue weighted by Crippen LogP contribution is 2.24. The summed E-state index contributed by atoms with van der Waals surface area (Å²) in [7, 11) is 0. The first-order valence-electron chi connectivity index (χ1n) is 8.12. The first-order chi connectivity index (χ1) is 11.0. The van der Waals surface area contributed by atoms with Gasteiger partial charge in [0.2, 0.25) is 5.91 Å². The molecule has 6 heteroatoms. The van der Waals surface area contributed by atoms with Crippen LogP contribution in [0.3, 0.4) is 0 Å². The molecule has 0 bridgehead atoms. The van der Waals surface area contributed by atoms with Crippen LogP contribution in [0, 0.1) is 5.82 Å². The van der Waals surface area contributed by atoms with Crippen molar-refractivity contribution in [1.29, 1.82) is 0 Å². The number of hydrogen-bond donors (Lipinski definition) is 2. The van der Waals surface area contributed by atoms with Crippen LogP contribution in [0.2, 0.25) is 0 Å². The van der Waals surface area contributed by atoms with E-state index in [4.69, 9.17) is 4.74 Å². The number of benzene rings is 1. The maximum atomic E-state index is 14.3. The second-order valence-corrected chi connectivity index (χ2v) is 5.82. The van der Waals surface area contributed by atoms with E-state index >= 15 is 0 Å². The van der Waals surface area contributed by atoms with E-state index in [1.165, 1.54) is 6.07 Å². The monoisotopic (exact) mass is 324 g/mol. The zero-order chi connectivity index (χ0) is 16.8. The molecule has 1 heterocycles. The van der Waals surface area contributed by atoms with Crippen molar-refractivity contribution in [3.63, 3.8) is 0 Å². The van der Waals surface area contributed by atoms with E-state index in [1.54, 1.807) is 13.0 Å². The number of anilines is 1. The number of piperidine rings is 1. The Balaban J connectivity index is 1.93. The van der Waals surface area contributed by atoms with Crippen molar-refractivity contribution in [2.75, 3.05) is 24.6 Å². The van der Waals surface area contributed by atoms with Gasteiger partial charge >= 0.3 is 0 Å². The van der Waals surface area contributed by atoms with Crippen LogP contribution in [-0.2, 0) is 16.1 Å². The molecular weight excluding hydrogens is 299 g/mol. The van der Waals surface area contributed by atoms with E-state index < -0.39 is 6.10 Å². The van der Waals surface area contributed by atoms with Gasteiger partial charge in [0.1, 0.15) is 11.9 Å². The van der Waals surface area contributed by atoms with Gasteiger partial charge in [0.25, 0.3) is 0 Å². The third-order valence-corrected chi connectivity index (χ3v) is 4.07. The van der Waals surface area contributed by atoms with Crippen LogP contribution in [0.4, 0.5) is 10.1 Å². The SMILES string of the molecule is CCOC(C)C(=O)NCc1ccc(N2CCC(O)CC2)c(F)c1. The average Bonchev–Trinajstić information content (AvgIpc) is 2.54. The number of ether oxygens (including phenoxy) is 1. The lowest BCUT2D eigenvalue weighted by Gasteiger charge is -2.31. The maximum absolute atomic E-state index is 14.3. The van der Waals surface area contributed by atoms with Crippen molar-refractivity contribution in [1.82, 2.24) is 5.32 Å². The first-order valence-corrected chi connectivity index (χ1v) is 8.12. The summed E-state index contributed by atoms with van der Waals surface area (Å²) >= 11 is 0. The predicted octanol–water partition coefficient (Wildman–Crippen LogP) is 1.83. The van der Waals surface area contributed by atoms with E-state index in [9.17, 15) is 14.3 Å². The Hall–Kier alpha value is -1.66. The molecule has 1 fully saturated rings. The Morgan fingerprint density at radius 2 is 2.17 bits per heavy atom. The van der Waals surface area contributed by atoms with Gasteiger partial charge < -0.3 is 20.1 Å². The Kier molecular flexibility index (Phi) is 6.36. The lowest BCUT2D eigenvalue weighted by Crippen LogP contribution is -2.36. The van der Waals surface area contributed by atoms with E-state index in [1.807, 2.05) is 17.9 Å². The molecular formula is C17H25FN2O3. The third kappa shape index (κ3) is 4.91. The lowest BCUT2D eigenvalue weighted by molar-refractivity contribution is -0.131. The number of carbonyl (C=O) groups excluding carboxylic acids is 1. The molecule has 1 amide bonds. The minimum absolute atomic E-state index is 0.207. The quantitative estimate of drug-likeness (QED) is 0.838. The molecule has 0 aromatic heterocycles. The molecule has 1 aliphatic heterocycles. The van der Waals surface area contributed by atoms with Crippen LogP contribution in [0.15, 0.2) is 18.2 Å². The minimum Gasteiger partial charge on any atom is -0.393 e. The largest absolute Gasteiger partial charge is 0.393 e. The summed E-state index contributed by atoms with van der Waals surface area (Å²) in [5, 5.41) is 12.3. The second-order valence-electron chi connectivity index (χ2n) is 5.82. The van der Waals surface area contributed by atoms with Gasteiger partial charge in [-0.3, -0.25) is 4.79 Å². The van der Waals surface area contributed by atoms with Gasteiger partial charge in [0.15, 0.2) is 0 Å². The number of aliphatic hydroxyl groups excluding tert-OH is 1. The smallest absolute Gasteiger partial charge is 0.249 e. The number of aliphatic hydroxyl groups is 1. The Morgan fingerprint density at radius 3 is 2.78 bits per heavy atom. The number of hydrogen-bond acceptors (Lipinski definition) is 4. The molecule has 2 N–H and O–H groups in total. The molecule has 0 radical (unpaired) electrons. The van der Waals surface area contributed by atoms with E-state index in [2.05, 4.69) is 5.32 Å². The molecule has 1 saturated heterocycles. The fourth-order valence-electron chi connectivity index (χ4n) is 2.68.